The Morgan fingerprint density at radius 2 is 2.31 bits per heavy atom. The third kappa shape index (κ3) is 2.37. The van der Waals surface area contributed by atoms with Crippen molar-refractivity contribution in [3.63, 3.8) is 0 Å². The first-order valence-electron chi connectivity index (χ1n) is 5.33. The minimum absolute atomic E-state index is 0.0315. The molecule has 0 aromatic carbocycles. The first-order valence-corrected chi connectivity index (χ1v) is 6.32. The maximum Gasteiger partial charge on any atom is 0.313 e. The Labute approximate surface area is 98.3 Å². The average Bonchev–Trinajstić information content (AvgIpc) is 3.00. The molecule has 16 heavy (non-hydrogen) atoms. The van der Waals surface area contributed by atoms with Crippen molar-refractivity contribution >= 4 is 17.7 Å². The van der Waals surface area contributed by atoms with E-state index in [0.29, 0.717) is 11.1 Å². The number of thioether (sulfide) groups is 1. The first kappa shape index (κ1) is 11.4. The number of rotatable bonds is 5. The Morgan fingerprint density at radius 3 is 2.88 bits per heavy atom. The van der Waals surface area contributed by atoms with Gasteiger partial charge in [0, 0.05) is 13.0 Å². The highest BCUT2D eigenvalue weighted by molar-refractivity contribution is 7.99. The lowest BCUT2D eigenvalue weighted by Crippen LogP contribution is -2.06. The fourth-order valence-electron chi connectivity index (χ4n) is 1.78. The van der Waals surface area contributed by atoms with Crippen LogP contribution < -0.4 is 0 Å². The maximum atomic E-state index is 10.5. The zero-order valence-electron chi connectivity index (χ0n) is 9.38. The van der Waals surface area contributed by atoms with Gasteiger partial charge in [-0.05, 0) is 18.8 Å². The molecule has 1 N–H and O–H groups in total. The van der Waals surface area contributed by atoms with E-state index in [1.807, 2.05) is 11.6 Å². The highest BCUT2D eigenvalue weighted by atomic mass is 32.2. The normalized spacial score (nSPS) is 17.4. The van der Waals surface area contributed by atoms with E-state index in [4.69, 9.17) is 5.11 Å². The molecule has 88 valence electrons. The van der Waals surface area contributed by atoms with Crippen LogP contribution in [0, 0.1) is 5.92 Å². The van der Waals surface area contributed by atoms with Crippen LogP contribution >= 0.6 is 11.8 Å². The summed E-state index contributed by atoms with van der Waals surface area (Å²) in [6.07, 6.45) is 2.54. The van der Waals surface area contributed by atoms with Crippen LogP contribution in [0.3, 0.4) is 0 Å². The molecule has 1 atom stereocenters. The first-order chi connectivity index (χ1) is 7.59. The minimum Gasteiger partial charge on any atom is -0.481 e. The lowest BCUT2D eigenvalue weighted by molar-refractivity contribution is -0.133. The van der Waals surface area contributed by atoms with Gasteiger partial charge in [0.25, 0.3) is 0 Å². The third-order valence-corrected chi connectivity index (χ3v) is 3.93. The van der Waals surface area contributed by atoms with Gasteiger partial charge in [-0.2, -0.15) is 0 Å². The van der Waals surface area contributed by atoms with Gasteiger partial charge in [-0.1, -0.05) is 18.7 Å². The Balaban J connectivity index is 2.07. The molecule has 1 unspecified atom stereocenters. The minimum atomic E-state index is -0.829. The lowest BCUT2D eigenvalue weighted by Gasteiger charge is -2.09. The van der Waals surface area contributed by atoms with Crippen molar-refractivity contribution in [3.05, 3.63) is 5.82 Å². The quantitative estimate of drug-likeness (QED) is 0.791. The molecule has 0 spiro atoms. The summed E-state index contributed by atoms with van der Waals surface area (Å²) >= 11 is 1.22. The number of hydrogen-bond donors (Lipinski definition) is 1. The zero-order valence-corrected chi connectivity index (χ0v) is 10.2. The zero-order chi connectivity index (χ0) is 11.7. The summed E-state index contributed by atoms with van der Waals surface area (Å²) in [7, 11) is 1.90. The molecule has 1 aromatic rings. The van der Waals surface area contributed by atoms with Crippen molar-refractivity contribution in [2.45, 2.75) is 30.8 Å². The van der Waals surface area contributed by atoms with Crippen molar-refractivity contribution in [2.24, 2.45) is 13.0 Å². The Hall–Kier alpha value is -1.04. The van der Waals surface area contributed by atoms with Gasteiger partial charge < -0.3 is 9.67 Å². The van der Waals surface area contributed by atoms with Crippen LogP contribution in [-0.4, -0.2) is 31.6 Å². The van der Waals surface area contributed by atoms with Gasteiger partial charge in [-0.3, -0.25) is 4.79 Å². The van der Waals surface area contributed by atoms with Gasteiger partial charge in [0.2, 0.25) is 0 Å². The van der Waals surface area contributed by atoms with Gasteiger partial charge in [0.05, 0.1) is 5.75 Å². The van der Waals surface area contributed by atoms with Crippen LogP contribution in [0.4, 0.5) is 0 Å². The van der Waals surface area contributed by atoms with E-state index < -0.39 is 5.97 Å². The molecule has 6 heteroatoms. The Kier molecular flexibility index (Phi) is 3.18. The van der Waals surface area contributed by atoms with E-state index >= 15 is 0 Å². The molecule has 1 fully saturated rings. The molecule has 1 aromatic heterocycles. The largest absolute Gasteiger partial charge is 0.481 e. The number of nitrogens with zero attached hydrogens (tertiary/aromatic N) is 3. The molecule has 2 rings (SSSR count). The second-order valence-electron chi connectivity index (χ2n) is 4.21. The number of carboxylic acids is 1. The summed E-state index contributed by atoms with van der Waals surface area (Å²) in [4.78, 5) is 10.5. The summed E-state index contributed by atoms with van der Waals surface area (Å²) in [5, 5.41) is 17.5. The van der Waals surface area contributed by atoms with E-state index in [-0.39, 0.29) is 5.75 Å². The average molecular weight is 241 g/mol. The summed E-state index contributed by atoms with van der Waals surface area (Å²) in [6, 6.07) is 0. The van der Waals surface area contributed by atoms with Gasteiger partial charge in [-0.15, -0.1) is 10.2 Å². The molecule has 1 aliphatic carbocycles. The van der Waals surface area contributed by atoms with E-state index in [0.717, 1.165) is 11.7 Å². The SMILES string of the molecule is CC(c1nnc(SCC(=O)O)n1C)C1CC1. The molecular weight excluding hydrogens is 226 g/mol. The maximum absolute atomic E-state index is 10.5. The van der Waals surface area contributed by atoms with Crippen molar-refractivity contribution in [2.75, 3.05) is 5.75 Å². The van der Waals surface area contributed by atoms with Gasteiger partial charge in [0.1, 0.15) is 5.82 Å². The van der Waals surface area contributed by atoms with Crippen LogP contribution in [0.1, 0.15) is 31.5 Å². The highest BCUT2D eigenvalue weighted by Gasteiger charge is 2.32. The fraction of sp³-hybridized carbons (Fsp3) is 0.700. The van der Waals surface area contributed by atoms with Crippen LogP contribution in [0.25, 0.3) is 0 Å². The van der Waals surface area contributed by atoms with Gasteiger partial charge >= 0.3 is 5.97 Å². The van der Waals surface area contributed by atoms with Crippen LogP contribution in [0.5, 0.6) is 0 Å². The van der Waals surface area contributed by atoms with E-state index in [2.05, 4.69) is 17.1 Å². The second kappa shape index (κ2) is 4.45. The fourth-order valence-corrected chi connectivity index (χ4v) is 2.42. The van der Waals surface area contributed by atoms with Crippen LogP contribution in [-0.2, 0) is 11.8 Å². The standard InChI is InChI=1S/C10H15N3O2S/c1-6(7-3-4-7)9-11-12-10(13(9)2)16-5-8(14)15/h6-7H,3-5H2,1-2H3,(H,14,15). The van der Waals surface area contributed by atoms with E-state index in [1.165, 1.54) is 24.6 Å². The Bertz CT molecular complexity index is 401. The second-order valence-corrected chi connectivity index (χ2v) is 5.15. The predicted octanol–water partition coefficient (Wildman–Crippen LogP) is 1.51. The molecule has 0 saturated heterocycles. The summed E-state index contributed by atoms with van der Waals surface area (Å²) in [5.41, 5.74) is 0. The number of carbonyl (C=O) groups is 1. The summed E-state index contributed by atoms with van der Waals surface area (Å²) in [5.74, 6) is 1.33. The van der Waals surface area contributed by atoms with Crippen molar-refractivity contribution in [3.8, 4) is 0 Å². The number of aromatic nitrogens is 3. The number of aliphatic carboxylic acids is 1. The predicted molar refractivity (Wildman–Crippen MR) is 60.5 cm³/mol. The summed E-state index contributed by atoms with van der Waals surface area (Å²) in [6.45, 7) is 2.16. The van der Waals surface area contributed by atoms with Gasteiger partial charge in [-0.25, -0.2) is 0 Å². The van der Waals surface area contributed by atoms with Gasteiger partial charge in [0.15, 0.2) is 5.16 Å². The van der Waals surface area contributed by atoms with Crippen LogP contribution in [0.2, 0.25) is 0 Å². The monoisotopic (exact) mass is 241 g/mol. The molecule has 0 bridgehead atoms. The molecule has 1 saturated carbocycles. The molecule has 0 aliphatic heterocycles. The molecule has 0 radical (unpaired) electrons. The van der Waals surface area contributed by atoms with E-state index in [9.17, 15) is 4.79 Å². The third-order valence-electron chi connectivity index (χ3n) is 2.93. The number of hydrogen-bond acceptors (Lipinski definition) is 4. The van der Waals surface area contributed by atoms with E-state index in [1.54, 1.807) is 0 Å². The smallest absolute Gasteiger partial charge is 0.313 e. The van der Waals surface area contributed by atoms with Crippen molar-refractivity contribution < 1.29 is 9.90 Å². The Morgan fingerprint density at radius 1 is 1.62 bits per heavy atom. The molecule has 5 nitrogen and oxygen atoms in total. The van der Waals surface area contributed by atoms with Crippen molar-refractivity contribution in [1.29, 1.82) is 0 Å². The summed E-state index contributed by atoms with van der Waals surface area (Å²) < 4.78 is 1.91. The highest BCUT2D eigenvalue weighted by Crippen LogP contribution is 2.41. The van der Waals surface area contributed by atoms with Crippen LogP contribution in [0.15, 0.2) is 5.16 Å². The van der Waals surface area contributed by atoms with Crippen molar-refractivity contribution in [1.82, 2.24) is 14.8 Å². The molecule has 1 aliphatic rings. The molecule has 1 heterocycles. The topological polar surface area (TPSA) is 68.0 Å². The lowest BCUT2D eigenvalue weighted by atomic mass is 10.1. The molecule has 0 amide bonds. The molecular formula is C10H15N3O2S. The number of carboxylic acid groups (broad SMARTS) is 1.